The van der Waals surface area contributed by atoms with Gasteiger partial charge in [0.25, 0.3) is 7.82 Å². The van der Waals surface area contributed by atoms with Gasteiger partial charge >= 0.3 is 41.8 Å². The van der Waals surface area contributed by atoms with Crippen LogP contribution < -0.4 is 4.89 Å². The number of carbonyl (C=O) groups excluding carboxylic acids is 7. The molecule has 0 aliphatic carbocycles. The molecule has 21 nitrogen and oxygen atoms in total. The molecule has 0 aromatic carbocycles. The van der Waals surface area contributed by atoms with Crippen LogP contribution in [0.15, 0.2) is 12.7 Å². The molecule has 2 aliphatic rings. The quantitative estimate of drug-likeness (QED) is 0.0467. The number of phosphoric ester groups is 1. The van der Waals surface area contributed by atoms with Crippen molar-refractivity contribution < 1.29 is 99.4 Å². The zero-order chi connectivity index (χ0) is 43.6. The normalized spacial score (nSPS) is 27.8. The standard InChI is InChI=1S/C36H55O21P/c1-9-10-11-12-13-14-15-16-17-48-58(44,45)57-36-34(53-26(8)43)32(51-24(6)41)30(28(55-36)19-47-21(3)38)56-35-33(52-25(7)42)31(50-23(5)40)29(49-22(4)39)27(54-35)18-46-20(2)37/h9,27-36H,1,10-19H2,2-8H3,(H,44,45)/p-1/t27-,28-,29+,30-,31+,32+,33-,34-,35+,36-/m1/s1. The van der Waals surface area contributed by atoms with Gasteiger partial charge in [-0.2, -0.15) is 0 Å². The van der Waals surface area contributed by atoms with E-state index in [4.69, 9.17) is 56.4 Å². The van der Waals surface area contributed by atoms with Crippen molar-refractivity contribution in [1.29, 1.82) is 0 Å². The first kappa shape index (κ1) is 50.2. The van der Waals surface area contributed by atoms with Crippen LogP contribution in [0.5, 0.6) is 0 Å². The van der Waals surface area contributed by atoms with Gasteiger partial charge in [0.1, 0.15) is 31.5 Å². The fourth-order valence-electron chi connectivity index (χ4n) is 5.99. The van der Waals surface area contributed by atoms with E-state index in [1.165, 1.54) is 0 Å². The molecule has 0 spiro atoms. The number of ether oxygens (including phenoxy) is 10. The Balaban J connectivity index is 2.58. The lowest BCUT2D eigenvalue weighted by Crippen LogP contribution is -2.67. The fraction of sp³-hybridized carbons (Fsp3) is 0.750. The van der Waals surface area contributed by atoms with Crippen molar-refractivity contribution in [2.45, 2.75) is 155 Å². The molecule has 2 rings (SSSR count). The Morgan fingerprint density at radius 3 is 1.43 bits per heavy atom. The molecule has 2 aliphatic heterocycles. The largest absolute Gasteiger partial charge is 0.756 e. The van der Waals surface area contributed by atoms with Crippen LogP contribution in [0.25, 0.3) is 0 Å². The molecule has 2 fully saturated rings. The Hall–Kier alpha value is -3.98. The molecular formula is C36H54O21P-. The van der Waals surface area contributed by atoms with E-state index in [1.54, 1.807) is 0 Å². The molecule has 2 saturated heterocycles. The van der Waals surface area contributed by atoms with E-state index in [0.717, 1.165) is 80.6 Å². The minimum atomic E-state index is -5.26. The Labute approximate surface area is 336 Å². The molecule has 0 aromatic heterocycles. The zero-order valence-corrected chi connectivity index (χ0v) is 34.5. The monoisotopic (exact) mass is 853 g/mol. The van der Waals surface area contributed by atoms with Crippen molar-refractivity contribution in [3.05, 3.63) is 12.7 Å². The molecular weight excluding hydrogens is 799 g/mol. The summed E-state index contributed by atoms with van der Waals surface area (Å²) in [5.41, 5.74) is 0. The Morgan fingerprint density at radius 2 is 0.948 bits per heavy atom. The van der Waals surface area contributed by atoms with Crippen LogP contribution in [0.2, 0.25) is 0 Å². The van der Waals surface area contributed by atoms with Crippen LogP contribution in [0.1, 0.15) is 93.4 Å². The minimum Gasteiger partial charge on any atom is -0.756 e. The third kappa shape index (κ3) is 17.9. The molecule has 0 N–H and O–H groups in total. The summed E-state index contributed by atoms with van der Waals surface area (Å²) in [4.78, 5) is 98.9. The molecule has 1 unspecified atom stereocenters. The van der Waals surface area contributed by atoms with E-state index in [0.29, 0.717) is 12.8 Å². The second kappa shape index (κ2) is 24.8. The van der Waals surface area contributed by atoms with Gasteiger partial charge in [0.2, 0.25) is 6.29 Å². The lowest BCUT2D eigenvalue weighted by Gasteiger charge is -2.49. The van der Waals surface area contributed by atoms with Crippen molar-refractivity contribution in [1.82, 2.24) is 0 Å². The number of hydrogen-bond acceptors (Lipinski definition) is 21. The van der Waals surface area contributed by atoms with Crippen LogP contribution in [0.3, 0.4) is 0 Å². The van der Waals surface area contributed by atoms with E-state index in [1.807, 2.05) is 6.08 Å². The van der Waals surface area contributed by atoms with Gasteiger partial charge in [-0.3, -0.25) is 42.7 Å². The van der Waals surface area contributed by atoms with E-state index >= 15 is 0 Å². The molecule has 0 amide bonds. The summed E-state index contributed by atoms with van der Waals surface area (Å²) in [6.07, 6.45) is -10.3. The number of esters is 7. The number of hydrogen-bond donors (Lipinski definition) is 0. The maximum atomic E-state index is 13.1. The summed E-state index contributed by atoms with van der Waals surface area (Å²) >= 11 is 0. The van der Waals surface area contributed by atoms with Crippen molar-refractivity contribution in [2.24, 2.45) is 0 Å². The predicted molar refractivity (Wildman–Crippen MR) is 190 cm³/mol. The first-order chi connectivity index (χ1) is 27.2. The first-order valence-electron chi connectivity index (χ1n) is 18.6. The van der Waals surface area contributed by atoms with Crippen molar-refractivity contribution in [3.8, 4) is 0 Å². The number of phosphoric acid groups is 1. The van der Waals surface area contributed by atoms with Gasteiger partial charge in [-0.05, 0) is 19.3 Å². The summed E-state index contributed by atoms with van der Waals surface area (Å²) in [6, 6.07) is 0. The van der Waals surface area contributed by atoms with E-state index in [-0.39, 0.29) is 6.61 Å². The maximum absolute atomic E-state index is 13.1. The molecule has 2 heterocycles. The van der Waals surface area contributed by atoms with Crippen LogP contribution in [0, 0.1) is 0 Å². The summed E-state index contributed by atoms with van der Waals surface area (Å²) < 4.78 is 78.9. The smallest absolute Gasteiger partial charge is 0.303 e. The SMILES string of the molecule is C=CCCCCCCCCOP(=O)([O-])O[C@H]1O[C@H](COC(C)=O)[C@@H](O[C@@H]2O[C@H](COC(C)=O)[C@H](OC(C)=O)[C@H](OC(C)=O)[C@H]2OC(C)=O)[C@H](OC(C)=O)[C@H]1OC(C)=O. The van der Waals surface area contributed by atoms with Crippen LogP contribution >= 0.6 is 7.82 Å². The highest BCUT2D eigenvalue weighted by Crippen LogP contribution is 2.44. The molecule has 11 atom stereocenters. The van der Waals surface area contributed by atoms with Gasteiger partial charge in [-0.25, -0.2) is 0 Å². The number of carbonyl (C=O) groups is 7. The Bertz CT molecular complexity index is 1470. The third-order valence-corrected chi connectivity index (χ3v) is 9.14. The molecule has 0 saturated carbocycles. The summed E-state index contributed by atoms with van der Waals surface area (Å²) in [5, 5.41) is 0. The topological polar surface area (TPSA) is 270 Å². The average Bonchev–Trinajstić information content (AvgIpc) is 3.09. The molecule has 0 radical (unpaired) electrons. The maximum Gasteiger partial charge on any atom is 0.303 e. The predicted octanol–water partition coefficient (Wildman–Crippen LogP) is 2.02. The van der Waals surface area contributed by atoms with Crippen LogP contribution in [-0.2, 0) is 94.5 Å². The van der Waals surface area contributed by atoms with Crippen molar-refractivity contribution >= 4 is 49.6 Å². The molecule has 58 heavy (non-hydrogen) atoms. The number of unbranched alkanes of at least 4 members (excludes halogenated alkanes) is 6. The van der Waals surface area contributed by atoms with Crippen molar-refractivity contribution in [3.63, 3.8) is 0 Å². The lowest BCUT2D eigenvalue weighted by molar-refractivity contribution is -0.359. The highest BCUT2D eigenvalue weighted by atomic mass is 31.2. The van der Waals surface area contributed by atoms with Gasteiger partial charge in [-0.1, -0.05) is 31.8 Å². The highest BCUT2D eigenvalue weighted by Gasteiger charge is 2.58. The average molecular weight is 854 g/mol. The molecule has 0 aromatic rings. The van der Waals surface area contributed by atoms with Crippen LogP contribution in [0.4, 0.5) is 0 Å². The highest BCUT2D eigenvalue weighted by molar-refractivity contribution is 7.45. The summed E-state index contributed by atoms with van der Waals surface area (Å²) in [7, 11) is -5.26. The second-order valence-electron chi connectivity index (χ2n) is 13.2. The van der Waals surface area contributed by atoms with Crippen LogP contribution in [-0.4, -0.2) is 123 Å². The van der Waals surface area contributed by atoms with Gasteiger partial charge in [0, 0.05) is 48.5 Å². The summed E-state index contributed by atoms with van der Waals surface area (Å²) in [6.45, 7) is 9.06. The summed E-state index contributed by atoms with van der Waals surface area (Å²) in [5.74, 6) is -6.52. The lowest BCUT2D eigenvalue weighted by atomic mass is 9.96. The Kier molecular flexibility index (Phi) is 21.5. The van der Waals surface area contributed by atoms with E-state index < -0.39 is 124 Å². The minimum absolute atomic E-state index is 0.267. The number of allylic oxidation sites excluding steroid dienone is 1. The second-order valence-corrected chi connectivity index (χ2v) is 14.6. The van der Waals surface area contributed by atoms with Gasteiger partial charge < -0.3 is 56.8 Å². The number of rotatable bonds is 23. The van der Waals surface area contributed by atoms with Crippen molar-refractivity contribution in [2.75, 3.05) is 19.8 Å². The molecule has 0 bridgehead atoms. The van der Waals surface area contributed by atoms with Gasteiger partial charge in [0.05, 0.1) is 6.61 Å². The van der Waals surface area contributed by atoms with E-state index in [9.17, 15) is 43.0 Å². The zero-order valence-electron chi connectivity index (χ0n) is 33.6. The fourth-order valence-corrected chi connectivity index (χ4v) is 6.83. The first-order valence-corrected chi connectivity index (χ1v) is 20.0. The Morgan fingerprint density at radius 1 is 0.552 bits per heavy atom. The van der Waals surface area contributed by atoms with E-state index in [2.05, 4.69) is 6.58 Å². The molecule has 330 valence electrons. The third-order valence-electron chi connectivity index (χ3n) is 8.17. The molecule has 22 heteroatoms. The van der Waals surface area contributed by atoms with Gasteiger partial charge in [0.15, 0.2) is 36.8 Å². The van der Waals surface area contributed by atoms with Gasteiger partial charge in [-0.15, -0.1) is 6.58 Å².